The summed E-state index contributed by atoms with van der Waals surface area (Å²) in [5, 5.41) is 0. The Balaban J connectivity index is 4.17. The molecule has 1 unspecified atom stereocenters. The molecule has 0 radical (unpaired) electrons. The lowest BCUT2D eigenvalue weighted by Gasteiger charge is -2.18. The highest BCUT2D eigenvalue weighted by molar-refractivity contribution is 5.71. The van der Waals surface area contributed by atoms with Gasteiger partial charge in [0, 0.05) is 19.3 Å². The standard InChI is InChI=1S/C67H120O6/c1-4-7-10-13-16-19-22-25-26-27-28-29-30-31-32-33-34-35-36-37-38-39-40-43-45-48-51-54-57-60-66(69)72-63-64(73-67(70)61-58-55-52-49-46-42-24-21-18-15-12-9-6-3)62-71-65(68)59-56-53-50-47-44-41-23-20-17-14-11-8-5-2/h9,12,18,20-21,23,42,46,52,55,64H,4-8,10-11,13-17,19,22,24-41,43-45,47-51,53-54,56-63H2,1-3H3/b12-9-,21-18-,23-20-,46-42-,55-52-. The van der Waals surface area contributed by atoms with E-state index in [1.165, 1.54) is 212 Å². The van der Waals surface area contributed by atoms with Gasteiger partial charge in [-0.25, -0.2) is 0 Å². The number of hydrogen-bond acceptors (Lipinski definition) is 6. The fourth-order valence-corrected chi connectivity index (χ4v) is 9.28. The van der Waals surface area contributed by atoms with E-state index in [9.17, 15) is 14.4 Å². The van der Waals surface area contributed by atoms with Gasteiger partial charge in [-0.2, -0.15) is 0 Å². The first kappa shape index (κ1) is 70.1. The molecule has 73 heavy (non-hydrogen) atoms. The minimum absolute atomic E-state index is 0.103. The van der Waals surface area contributed by atoms with Crippen LogP contribution in [0.1, 0.15) is 329 Å². The zero-order valence-corrected chi connectivity index (χ0v) is 48.7. The highest BCUT2D eigenvalue weighted by Crippen LogP contribution is 2.18. The molecule has 0 rings (SSSR count). The van der Waals surface area contributed by atoms with Crippen LogP contribution in [0.2, 0.25) is 0 Å². The Bertz CT molecular complexity index is 1310. The topological polar surface area (TPSA) is 78.9 Å². The molecule has 0 aromatic rings. The lowest BCUT2D eigenvalue weighted by molar-refractivity contribution is -0.166. The molecule has 0 saturated carbocycles. The van der Waals surface area contributed by atoms with Crippen molar-refractivity contribution in [3.05, 3.63) is 60.8 Å². The maximum Gasteiger partial charge on any atom is 0.306 e. The van der Waals surface area contributed by atoms with E-state index in [0.717, 1.165) is 70.6 Å². The Labute approximate surface area is 453 Å². The van der Waals surface area contributed by atoms with E-state index in [1.54, 1.807) is 0 Å². The molecule has 0 aromatic heterocycles. The zero-order valence-electron chi connectivity index (χ0n) is 48.7. The molecule has 0 amide bonds. The maximum atomic E-state index is 12.8. The summed E-state index contributed by atoms with van der Waals surface area (Å²) in [6, 6.07) is 0. The highest BCUT2D eigenvalue weighted by Gasteiger charge is 2.19. The Morgan fingerprint density at radius 2 is 0.562 bits per heavy atom. The summed E-state index contributed by atoms with van der Waals surface area (Å²) in [5.41, 5.74) is 0. The molecule has 6 heteroatoms. The van der Waals surface area contributed by atoms with Crippen molar-refractivity contribution in [1.29, 1.82) is 0 Å². The molecule has 1 atom stereocenters. The summed E-state index contributed by atoms with van der Waals surface area (Å²) in [4.78, 5) is 38.1. The van der Waals surface area contributed by atoms with Gasteiger partial charge in [0.05, 0.1) is 0 Å². The van der Waals surface area contributed by atoms with Crippen molar-refractivity contribution >= 4 is 17.9 Å². The van der Waals surface area contributed by atoms with E-state index in [-0.39, 0.29) is 37.5 Å². The molecule has 0 spiro atoms. The van der Waals surface area contributed by atoms with E-state index in [1.807, 2.05) is 6.08 Å². The molecule has 424 valence electrons. The van der Waals surface area contributed by atoms with Crippen LogP contribution in [0.15, 0.2) is 60.8 Å². The number of unbranched alkanes of at least 4 members (excludes halogenated alkanes) is 37. The first-order valence-electron chi connectivity index (χ1n) is 31.8. The molecule has 0 bridgehead atoms. The minimum atomic E-state index is -0.814. The molecule has 0 saturated heterocycles. The number of carbonyl (C=O) groups is 3. The summed E-state index contributed by atoms with van der Waals surface area (Å²) < 4.78 is 16.8. The first-order chi connectivity index (χ1) is 36.0. The predicted octanol–water partition coefficient (Wildman–Crippen LogP) is 21.6. The van der Waals surface area contributed by atoms with Gasteiger partial charge in [-0.15, -0.1) is 0 Å². The Kier molecular flexibility index (Phi) is 59.2. The van der Waals surface area contributed by atoms with E-state index in [0.29, 0.717) is 19.3 Å². The monoisotopic (exact) mass is 1020 g/mol. The van der Waals surface area contributed by atoms with Gasteiger partial charge < -0.3 is 14.2 Å². The summed E-state index contributed by atoms with van der Waals surface area (Å²) in [6.45, 7) is 6.48. The lowest BCUT2D eigenvalue weighted by atomic mass is 10.0. The van der Waals surface area contributed by atoms with Crippen LogP contribution >= 0.6 is 0 Å². The molecular formula is C67H120O6. The maximum absolute atomic E-state index is 12.8. The van der Waals surface area contributed by atoms with Crippen molar-refractivity contribution in [3.63, 3.8) is 0 Å². The number of allylic oxidation sites excluding steroid dienone is 10. The van der Waals surface area contributed by atoms with Gasteiger partial charge in [0.1, 0.15) is 13.2 Å². The third-order valence-corrected chi connectivity index (χ3v) is 14.0. The van der Waals surface area contributed by atoms with Crippen molar-refractivity contribution in [3.8, 4) is 0 Å². The molecule has 0 aromatic carbocycles. The number of rotatable bonds is 58. The van der Waals surface area contributed by atoms with Crippen molar-refractivity contribution in [1.82, 2.24) is 0 Å². The third kappa shape index (κ3) is 59.9. The van der Waals surface area contributed by atoms with Gasteiger partial charge in [-0.3, -0.25) is 14.4 Å². The fourth-order valence-electron chi connectivity index (χ4n) is 9.28. The van der Waals surface area contributed by atoms with Crippen LogP contribution in [0.25, 0.3) is 0 Å². The lowest BCUT2D eigenvalue weighted by Crippen LogP contribution is -2.30. The van der Waals surface area contributed by atoms with E-state index in [4.69, 9.17) is 14.2 Å². The Hall–Kier alpha value is -2.89. The van der Waals surface area contributed by atoms with Crippen molar-refractivity contribution in [2.45, 2.75) is 335 Å². The van der Waals surface area contributed by atoms with Crippen LogP contribution in [0, 0.1) is 0 Å². The average molecular weight is 1020 g/mol. The molecule has 0 N–H and O–H groups in total. The van der Waals surface area contributed by atoms with Crippen molar-refractivity contribution in [2.75, 3.05) is 13.2 Å². The van der Waals surface area contributed by atoms with Crippen LogP contribution in [0.4, 0.5) is 0 Å². The quantitative estimate of drug-likeness (QED) is 0.0261. The van der Waals surface area contributed by atoms with Crippen molar-refractivity contribution < 1.29 is 28.6 Å². The Morgan fingerprint density at radius 1 is 0.288 bits per heavy atom. The molecule has 0 heterocycles. The summed E-state index contributed by atoms with van der Waals surface area (Å²) in [6.07, 6.45) is 78.4. The van der Waals surface area contributed by atoms with Crippen LogP contribution in [-0.2, 0) is 28.6 Å². The second-order valence-corrected chi connectivity index (χ2v) is 21.3. The first-order valence-corrected chi connectivity index (χ1v) is 31.8. The summed E-state index contributed by atoms with van der Waals surface area (Å²) in [7, 11) is 0. The zero-order chi connectivity index (χ0) is 52.9. The number of hydrogen-bond donors (Lipinski definition) is 0. The van der Waals surface area contributed by atoms with Gasteiger partial charge in [0.25, 0.3) is 0 Å². The molecule has 6 nitrogen and oxygen atoms in total. The largest absolute Gasteiger partial charge is 0.462 e. The van der Waals surface area contributed by atoms with Crippen LogP contribution in [0.5, 0.6) is 0 Å². The third-order valence-electron chi connectivity index (χ3n) is 14.0. The van der Waals surface area contributed by atoms with Crippen LogP contribution in [-0.4, -0.2) is 37.2 Å². The van der Waals surface area contributed by atoms with Gasteiger partial charge in [0.15, 0.2) is 6.10 Å². The van der Waals surface area contributed by atoms with Gasteiger partial charge in [-0.05, 0) is 70.6 Å². The number of carbonyl (C=O) groups excluding carboxylic acids is 3. The van der Waals surface area contributed by atoms with Gasteiger partial charge >= 0.3 is 17.9 Å². The highest BCUT2D eigenvalue weighted by atomic mass is 16.6. The predicted molar refractivity (Wildman–Crippen MR) is 316 cm³/mol. The van der Waals surface area contributed by atoms with Gasteiger partial charge in [0.2, 0.25) is 0 Å². The van der Waals surface area contributed by atoms with Gasteiger partial charge in [-0.1, -0.05) is 300 Å². The second-order valence-electron chi connectivity index (χ2n) is 21.3. The molecule has 0 aliphatic rings. The van der Waals surface area contributed by atoms with Crippen molar-refractivity contribution in [2.24, 2.45) is 0 Å². The fraction of sp³-hybridized carbons (Fsp3) is 0.806. The summed E-state index contributed by atoms with van der Waals surface area (Å²) >= 11 is 0. The van der Waals surface area contributed by atoms with E-state index < -0.39 is 6.10 Å². The molecule has 0 aliphatic heterocycles. The molecule has 0 aliphatic carbocycles. The van der Waals surface area contributed by atoms with E-state index in [2.05, 4.69) is 75.5 Å². The molecular weight excluding hydrogens is 901 g/mol. The minimum Gasteiger partial charge on any atom is -0.462 e. The Morgan fingerprint density at radius 3 is 0.904 bits per heavy atom. The molecule has 0 fully saturated rings. The average Bonchev–Trinajstić information content (AvgIpc) is 3.39. The SMILES string of the molecule is CC/C=C\C/C=C\C/C=C\C/C=C\CCC(=O)OC(COC(=O)CCCCCCC/C=C\CCCCCC)COC(=O)CCCCCCCCCCCCCCCCCCCCCCCCCCCCCCC. The normalized spacial score (nSPS) is 12.4. The number of esters is 3. The smallest absolute Gasteiger partial charge is 0.306 e. The second kappa shape index (κ2) is 61.7. The van der Waals surface area contributed by atoms with Crippen LogP contribution < -0.4 is 0 Å². The van der Waals surface area contributed by atoms with E-state index >= 15 is 0 Å². The summed E-state index contributed by atoms with van der Waals surface area (Å²) in [5.74, 6) is -0.981. The van der Waals surface area contributed by atoms with Crippen LogP contribution in [0.3, 0.4) is 0 Å². The number of ether oxygens (including phenoxy) is 3.